The van der Waals surface area contributed by atoms with Gasteiger partial charge in [0.05, 0.1) is 21.7 Å². The molecule has 0 aliphatic heterocycles. The second kappa shape index (κ2) is 12.5. The van der Waals surface area contributed by atoms with E-state index >= 15 is 0 Å². The van der Waals surface area contributed by atoms with E-state index in [1.54, 1.807) is 36.4 Å². The van der Waals surface area contributed by atoms with Crippen LogP contribution in [-0.2, 0) is 0 Å². The lowest BCUT2D eigenvalue weighted by molar-refractivity contribution is -0.384. The molecule has 4 rings (SSSR count). The van der Waals surface area contributed by atoms with Gasteiger partial charge in [-0.15, -0.1) is 0 Å². The van der Waals surface area contributed by atoms with Crippen molar-refractivity contribution in [2.75, 3.05) is 5.32 Å². The van der Waals surface area contributed by atoms with E-state index in [1.807, 2.05) is 19.1 Å². The molecule has 0 fully saturated rings. The van der Waals surface area contributed by atoms with Crippen LogP contribution >= 0.6 is 11.6 Å². The van der Waals surface area contributed by atoms with Crippen LogP contribution in [0.25, 0.3) is 0 Å². The van der Waals surface area contributed by atoms with E-state index in [-0.39, 0.29) is 39.1 Å². The summed E-state index contributed by atoms with van der Waals surface area (Å²) in [5.41, 5.74) is 4.51. The third-order valence-corrected chi connectivity index (χ3v) is 5.92. The highest BCUT2D eigenvalue weighted by Crippen LogP contribution is 2.25. The molecule has 0 aromatic heterocycles. The van der Waals surface area contributed by atoms with Crippen molar-refractivity contribution in [1.29, 1.82) is 0 Å². The minimum atomic E-state index is -0.771. The van der Waals surface area contributed by atoms with Crippen LogP contribution in [0.15, 0.2) is 96.1 Å². The molecule has 0 saturated carbocycles. The summed E-state index contributed by atoms with van der Waals surface area (Å²) in [6, 6.07) is 23.1. The fraction of sp³-hybridized carbons (Fsp3) is 0.0345. The molecule has 0 unspecified atom stereocenters. The number of hydrogen-bond acceptors (Lipinski definition) is 7. The number of non-ortho nitro benzene ring substituents is 1. The number of ether oxygens (including phenoxy) is 1. The Balaban J connectivity index is 1.43. The van der Waals surface area contributed by atoms with Crippen LogP contribution in [0.4, 0.5) is 11.4 Å². The molecule has 2 amide bonds. The van der Waals surface area contributed by atoms with E-state index in [2.05, 4.69) is 15.8 Å². The average molecular weight is 557 g/mol. The van der Waals surface area contributed by atoms with E-state index in [4.69, 9.17) is 16.3 Å². The molecule has 10 nitrogen and oxygen atoms in total. The zero-order valence-electron chi connectivity index (χ0n) is 21.0. The second-order valence-corrected chi connectivity index (χ2v) is 8.85. The molecular weight excluding hydrogens is 536 g/mol. The molecule has 0 aliphatic carbocycles. The maximum Gasteiger partial charge on any atom is 0.345 e. The lowest BCUT2D eigenvalue weighted by atomic mass is 10.1. The molecule has 11 heteroatoms. The van der Waals surface area contributed by atoms with Gasteiger partial charge >= 0.3 is 5.97 Å². The number of nitro benzene ring substituents is 1. The maximum atomic E-state index is 12.6. The Morgan fingerprint density at radius 1 is 0.900 bits per heavy atom. The van der Waals surface area contributed by atoms with Gasteiger partial charge in [-0.05, 0) is 61.5 Å². The Kier molecular flexibility index (Phi) is 8.62. The molecule has 0 bridgehead atoms. The van der Waals surface area contributed by atoms with Crippen molar-refractivity contribution in [2.24, 2.45) is 5.10 Å². The van der Waals surface area contributed by atoms with Crippen LogP contribution in [0.1, 0.15) is 42.2 Å². The predicted octanol–water partition coefficient (Wildman–Crippen LogP) is 5.79. The Bertz CT molecular complexity index is 1620. The number of benzene rings is 4. The third kappa shape index (κ3) is 6.94. The van der Waals surface area contributed by atoms with Gasteiger partial charge in [0, 0.05) is 34.5 Å². The summed E-state index contributed by atoms with van der Waals surface area (Å²) in [5.74, 6) is -1.66. The van der Waals surface area contributed by atoms with Crippen molar-refractivity contribution in [3.63, 3.8) is 0 Å². The van der Waals surface area contributed by atoms with Gasteiger partial charge in [0.25, 0.3) is 17.5 Å². The van der Waals surface area contributed by atoms with Crippen molar-refractivity contribution in [2.45, 2.75) is 6.92 Å². The monoisotopic (exact) mass is 556 g/mol. The van der Waals surface area contributed by atoms with E-state index in [0.717, 1.165) is 17.8 Å². The summed E-state index contributed by atoms with van der Waals surface area (Å²) in [6.45, 7) is 1.93. The van der Waals surface area contributed by atoms with Gasteiger partial charge in [-0.3, -0.25) is 19.7 Å². The Hall–Kier alpha value is -5.35. The smallest absolute Gasteiger partial charge is 0.345 e. The van der Waals surface area contributed by atoms with Crippen molar-refractivity contribution in [3.05, 3.63) is 134 Å². The highest BCUT2D eigenvalue weighted by Gasteiger charge is 2.17. The molecule has 40 heavy (non-hydrogen) atoms. The fourth-order valence-electron chi connectivity index (χ4n) is 3.46. The van der Waals surface area contributed by atoms with Gasteiger partial charge in [0.1, 0.15) is 5.75 Å². The molecule has 0 atom stereocenters. The molecule has 0 saturated heterocycles. The summed E-state index contributed by atoms with van der Waals surface area (Å²) in [6.07, 6.45) is 1.12. The topological polar surface area (TPSA) is 140 Å². The van der Waals surface area contributed by atoms with E-state index < -0.39 is 16.8 Å². The summed E-state index contributed by atoms with van der Waals surface area (Å²) in [5, 5.41) is 18.0. The molecule has 200 valence electrons. The van der Waals surface area contributed by atoms with E-state index in [1.165, 1.54) is 36.4 Å². The number of rotatable bonds is 8. The summed E-state index contributed by atoms with van der Waals surface area (Å²) in [4.78, 5) is 48.2. The first-order valence-corrected chi connectivity index (χ1v) is 12.2. The highest BCUT2D eigenvalue weighted by molar-refractivity contribution is 6.33. The average Bonchev–Trinajstić information content (AvgIpc) is 2.94. The lowest BCUT2D eigenvalue weighted by Crippen LogP contribution is -2.18. The van der Waals surface area contributed by atoms with Gasteiger partial charge in [-0.1, -0.05) is 41.4 Å². The number of nitrogens with zero attached hydrogens (tertiary/aromatic N) is 2. The molecule has 2 N–H and O–H groups in total. The normalized spacial score (nSPS) is 10.7. The van der Waals surface area contributed by atoms with Crippen LogP contribution in [0.2, 0.25) is 5.02 Å². The number of anilines is 1. The van der Waals surface area contributed by atoms with Gasteiger partial charge in [0.2, 0.25) is 0 Å². The maximum absolute atomic E-state index is 12.6. The van der Waals surface area contributed by atoms with Gasteiger partial charge < -0.3 is 10.1 Å². The highest BCUT2D eigenvalue weighted by atomic mass is 35.5. The van der Waals surface area contributed by atoms with Crippen molar-refractivity contribution in [1.82, 2.24) is 5.43 Å². The minimum absolute atomic E-state index is 0.0258. The summed E-state index contributed by atoms with van der Waals surface area (Å²) in [7, 11) is 0. The molecular formula is C29H21ClN4O6. The number of aryl methyl sites for hydroxylation is 1. The SMILES string of the molecule is Cc1ccc(C(=O)Nc2ccc(C(=O)N/N=C/c3cc([N+](=O)[O-])ccc3OC(=O)c3ccccc3Cl)cc2)cc1. The van der Waals surface area contributed by atoms with E-state index in [0.29, 0.717) is 11.3 Å². The molecule has 4 aromatic carbocycles. The predicted molar refractivity (Wildman–Crippen MR) is 150 cm³/mol. The first-order chi connectivity index (χ1) is 19.2. The number of carbonyl (C=O) groups is 3. The Morgan fingerprint density at radius 3 is 2.23 bits per heavy atom. The molecule has 0 radical (unpaired) electrons. The molecule has 4 aromatic rings. The number of carbonyl (C=O) groups excluding carboxylic acids is 3. The first-order valence-electron chi connectivity index (χ1n) is 11.8. The minimum Gasteiger partial charge on any atom is -0.422 e. The van der Waals surface area contributed by atoms with Gasteiger partial charge in [-0.2, -0.15) is 5.10 Å². The Labute approximate surface area is 233 Å². The van der Waals surface area contributed by atoms with Crippen molar-refractivity contribution < 1.29 is 24.0 Å². The number of nitro groups is 1. The lowest BCUT2D eigenvalue weighted by Gasteiger charge is -2.08. The fourth-order valence-corrected chi connectivity index (χ4v) is 3.68. The van der Waals surface area contributed by atoms with Crippen molar-refractivity contribution >= 4 is 47.0 Å². The van der Waals surface area contributed by atoms with Crippen LogP contribution in [0, 0.1) is 17.0 Å². The van der Waals surface area contributed by atoms with Crippen LogP contribution in [0.3, 0.4) is 0 Å². The number of hydrazone groups is 1. The number of halogens is 1. The van der Waals surface area contributed by atoms with Gasteiger partial charge in [-0.25, -0.2) is 10.2 Å². The first kappa shape index (κ1) is 27.7. The number of hydrogen-bond donors (Lipinski definition) is 2. The Morgan fingerprint density at radius 2 is 1.55 bits per heavy atom. The number of nitrogens with one attached hydrogen (secondary N) is 2. The molecule has 0 aliphatic rings. The van der Waals surface area contributed by atoms with Gasteiger partial charge in [0.15, 0.2) is 0 Å². The summed E-state index contributed by atoms with van der Waals surface area (Å²) < 4.78 is 5.39. The third-order valence-electron chi connectivity index (χ3n) is 5.59. The number of esters is 1. The molecule has 0 heterocycles. The number of amides is 2. The van der Waals surface area contributed by atoms with E-state index in [9.17, 15) is 24.5 Å². The summed E-state index contributed by atoms with van der Waals surface area (Å²) >= 11 is 6.05. The van der Waals surface area contributed by atoms with Crippen molar-refractivity contribution in [3.8, 4) is 5.75 Å². The van der Waals surface area contributed by atoms with Crippen LogP contribution in [-0.4, -0.2) is 28.9 Å². The largest absolute Gasteiger partial charge is 0.422 e. The molecule has 0 spiro atoms. The van der Waals surface area contributed by atoms with Crippen LogP contribution < -0.4 is 15.5 Å². The van der Waals surface area contributed by atoms with Crippen LogP contribution in [0.5, 0.6) is 5.75 Å². The zero-order valence-corrected chi connectivity index (χ0v) is 21.7. The second-order valence-electron chi connectivity index (χ2n) is 8.45. The standard InChI is InChI=1S/C29H21ClN4O6/c1-18-6-8-19(9-7-18)27(35)32-22-12-10-20(11-13-22)28(36)33-31-17-21-16-23(34(38)39)14-15-26(21)40-29(37)24-4-2-3-5-25(24)30/h2-17H,1H3,(H,32,35)(H,33,36)/b31-17+. The zero-order chi connectivity index (χ0) is 28.6. The quantitative estimate of drug-likeness (QED) is 0.0925.